The van der Waals surface area contributed by atoms with Gasteiger partial charge >= 0.3 is 6.03 Å². The van der Waals surface area contributed by atoms with Crippen molar-refractivity contribution in [2.45, 2.75) is 18.9 Å². The number of hydrogen-bond acceptors (Lipinski definition) is 3. The predicted molar refractivity (Wildman–Crippen MR) is 70.7 cm³/mol. The fraction of sp³-hybridized carbons (Fsp3) is 0.429. The van der Waals surface area contributed by atoms with Gasteiger partial charge in [0.2, 0.25) is 0 Å². The molecule has 0 aliphatic carbocycles. The Kier molecular flexibility index (Phi) is 4.52. The zero-order valence-corrected chi connectivity index (χ0v) is 11.0. The zero-order valence-electron chi connectivity index (χ0n) is 11.0. The third-order valence-electron chi connectivity index (χ3n) is 3.12. The number of benzene rings is 1. The van der Waals surface area contributed by atoms with E-state index in [1.165, 1.54) is 4.90 Å². The van der Waals surface area contributed by atoms with Gasteiger partial charge in [-0.15, -0.1) is 0 Å². The van der Waals surface area contributed by atoms with Gasteiger partial charge in [-0.25, -0.2) is 4.79 Å². The quantitative estimate of drug-likeness (QED) is 0.619. The first-order chi connectivity index (χ1) is 9.22. The summed E-state index contributed by atoms with van der Waals surface area (Å²) in [6, 6.07) is 8.93. The van der Waals surface area contributed by atoms with Crippen LogP contribution in [-0.2, 0) is 16.0 Å². The number of imide groups is 1. The summed E-state index contributed by atoms with van der Waals surface area (Å²) < 4.78 is 4.92. The van der Waals surface area contributed by atoms with Crippen molar-refractivity contribution < 1.29 is 14.3 Å². The first-order valence-corrected chi connectivity index (χ1v) is 6.37. The fourth-order valence-corrected chi connectivity index (χ4v) is 2.14. The molecule has 1 N–H and O–H groups in total. The Morgan fingerprint density at radius 2 is 2.00 bits per heavy atom. The second-order valence-corrected chi connectivity index (χ2v) is 4.53. The molecule has 0 aromatic heterocycles. The highest BCUT2D eigenvalue weighted by atomic mass is 16.5. The Bertz CT molecular complexity index is 447. The smallest absolute Gasteiger partial charge is 0.324 e. The largest absolute Gasteiger partial charge is 0.385 e. The second kappa shape index (κ2) is 6.33. The molecule has 0 radical (unpaired) electrons. The van der Waals surface area contributed by atoms with Gasteiger partial charge in [0.25, 0.3) is 5.91 Å². The van der Waals surface area contributed by atoms with Gasteiger partial charge in [-0.2, -0.15) is 0 Å². The van der Waals surface area contributed by atoms with Crippen LogP contribution in [0.1, 0.15) is 12.0 Å². The lowest BCUT2D eigenvalue weighted by Crippen LogP contribution is -2.33. The lowest BCUT2D eigenvalue weighted by atomic mass is 10.1. The molecule has 1 aliphatic heterocycles. The maximum atomic E-state index is 12.1. The summed E-state index contributed by atoms with van der Waals surface area (Å²) >= 11 is 0. The highest BCUT2D eigenvalue weighted by Crippen LogP contribution is 2.12. The summed E-state index contributed by atoms with van der Waals surface area (Å²) in [5, 5.41) is 2.73. The number of nitrogens with zero attached hydrogens (tertiary/aromatic N) is 1. The lowest BCUT2D eigenvalue weighted by molar-refractivity contribution is -0.127. The second-order valence-electron chi connectivity index (χ2n) is 4.53. The molecule has 1 heterocycles. The first kappa shape index (κ1) is 13.5. The monoisotopic (exact) mass is 262 g/mol. The van der Waals surface area contributed by atoms with E-state index in [9.17, 15) is 9.59 Å². The van der Waals surface area contributed by atoms with Gasteiger partial charge in [0.1, 0.15) is 6.04 Å². The summed E-state index contributed by atoms with van der Waals surface area (Å²) in [5.74, 6) is -0.148. The summed E-state index contributed by atoms with van der Waals surface area (Å²) in [5.41, 5.74) is 1.04. The number of amides is 3. The van der Waals surface area contributed by atoms with Crippen molar-refractivity contribution in [3.05, 3.63) is 35.9 Å². The van der Waals surface area contributed by atoms with Crippen molar-refractivity contribution in [3.8, 4) is 0 Å². The van der Waals surface area contributed by atoms with Gasteiger partial charge in [-0.1, -0.05) is 30.3 Å². The molecule has 1 aromatic carbocycles. The van der Waals surface area contributed by atoms with Crippen molar-refractivity contribution in [2.75, 3.05) is 20.3 Å². The number of hydrogen-bond donors (Lipinski definition) is 1. The van der Waals surface area contributed by atoms with Crippen LogP contribution in [0.25, 0.3) is 0 Å². The molecule has 1 aromatic rings. The van der Waals surface area contributed by atoms with Crippen LogP contribution in [0.5, 0.6) is 0 Å². The number of ether oxygens (including phenoxy) is 1. The molecule has 3 amide bonds. The van der Waals surface area contributed by atoms with Crippen molar-refractivity contribution in [1.29, 1.82) is 0 Å². The van der Waals surface area contributed by atoms with E-state index in [2.05, 4.69) is 5.32 Å². The van der Waals surface area contributed by atoms with Crippen LogP contribution in [0.15, 0.2) is 30.3 Å². The Morgan fingerprint density at radius 3 is 2.68 bits per heavy atom. The number of nitrogens with one attached hydrogen (secondary N) is 1. The Labute approximate surface area is 112 Å². The van der Waals surface area contributed by atoms with Crippen LogP contribution in [0, 0.1) is 0 Å². The Hall–Kier alpha value is -1.88. The predicted octanol–water partition coefficient (Wildman–Crippen LogP) is 1.19. The number of rotatable bonds is 6. The van der Waals surface area contributed by atoms with Crippen LogP contribution in [0.4, 0.5) is 4.79 Å². The number of urea groups is 1. The molecule has 19 heavy (non-hydrogen) atoms. The van der Waals surface area contributed by atoms with E-state index in [4.69, 9.17) is 4.74 Å². The Balaban J connectivity index is 1.94. The average molecular weight is 262 g/mol. The van der Waals surface area contributed by atoms with Gasteiger partial charge in [-0.3, -0.25) is 9.69 Å². The van der Waals surface area contributed by atoms with Crippen LogP contribution >= 0.6 is 0 Å². The maximum absolute atomic E-state index is 12.1. The van der Waals surface area contributed by atoms with Gasteiger partial charge in [0.05, 0.1) is 0 Å². The summed E-state index contributed by atoms with van der Waals surface area (Å²) in [4.78, 5) is 25.1. The fourth-order valence-electron chi connectivity index (χ4n) is 2.14. The average Bonchev–Trinajstić information content (AvgIpc) is 2.68. The van der Waals surface area contributed by atoms with Gasteiger partial charge in [0.15, 0.2) is 0 Å². The summed E-state index contributed by atoms with van der Waals surface area (Å²) in [7, 11) is 1.60. The van der Waals surface area contributed by atoms with Crippen LogP contribution in [-0.4, -0.2) is 43.1 Å². The molecule has 5 nitrogen and oxygen atoms in total. The number of carbonyl (C=O) groups excluding carboxylic acids is 2. The van der Waals surface area contributed by atoms with E-state index in [0.29, 0.717) is 26.0 Å². The topological polar surface area (TPSA) is 58.6 Å². The van der Waals surface area contributed by atoms with Crippen LogP contribution < -0.4 is 5.32 Å². The highest BCUT2D eigenvalue weighted by Gasteiger charge is 2.37. The van der Waals surface area contributed by atoms with Crippen molar-refractivity contribution in [3.63, 3.8) is 0 Å². The molecule has 5 heteroatoms. The molecular formula is C14H18N2O3. The molecule has 1 saturated heterocycles. The minimum absolute atomic E-state index is 0.148. The number of methoxy groups -OCH3 is 1. The van der Waals surface area contributed by atoms with Crippen LogP contribution in [0.2, 0.25) is 0 Å². The minimum atomic E-state index is -0.447. The molecule has 2 rings (SSSR count). The molecule has 1 atom stereocenters. The van der Waals surface area contributed by atoms with E-state index >= 15 is 0 Å². The van der Waals surface area contributed by atoms with Crippen LogP contribution in [0.3, 0.4) is 0 Å². The van der Waals surface area contributed by atoms with Crippen molar-refractivity contribution in [1.82, 2.24) is 10.2 Å². The standard InChI is InChI=1S/C14H18N2O3/c1-19-9-5-8-16-13(17)12(15-14(16)18)10-11-6-3-2-4-7-11/h2-4,6-7,12H,5,8-10H2,1H3,(H,15,18). The molecule has 1 fully saturated rings. The van der Waals surface area contributed by atoms with Gasteiger partial charge < -0.3 is 10.1 Å². The van der Waals surface area contributed by atoms with Gasteiger partial charge in [0, 0.05) is 26.7 Å². The third-order valence-corrected chi connectivity index (χ3v) is 3.12. The van der Waals surface area contributed by atoms with Crippen molar-refractivity contribution in [2.24, 2.45) is 0 Å². The maximum Gasteiger partial charge on any atom is 0.324 e. The van der Waals surface area contributed by atoms with Crippen molar-refractivity contribution >= 4 is 11.9 Å². The third kappa shape index (κ3) is 3.32. The lowest BCUT2D eigenvalue weighted by Gasteiger charge is -2.12. The molecule has 1 unspecified atom stereocenters. The van der Waals surface area contributed by atoms with Gasteiger partial charge in [-0.05, 0) is 12.0 Å². The Morgan fingerprint density at radius 1 is 1.26 bits per heavy atom. The highest BCUT2D eigenvalue weighted by molar-refractivity contribution is 6.04. The van der Waals surface area contributed by atoms with E-state index in [0.717, 1.165) is 5.56 Å². The summed E-state index contributed by atoms with van der Waals surface area (Å²) in [6.45, 7) is 0.949. The molecule has 1 aliphatic rings. The molecular weight excluding hydrogens is 244 g/mol. The van der Waals surface area contributed by atoms with E-state index in [-0.39, 0.29) is 11.9 Å². The van der Waals surface area contributed by atoms with E-state index in [1.807, 2.05) is 30.3 Å². The first-order valence-electron chi connectivity index (χ1n) is 6.37. The molecule has 102 valence electrons. The molecule has 0 bridgehead atoms. The molecule has 0 spiro atoms. The SMILES string of the molecule is COCCCN1C(=O)NC(Cc2ccccc2)C1=O. The van der Waals surface area contributed by atoms with E-state index in [1.54, 1.807) is 7.11 Å². The summed E-state index contributed by atoms with van der Waals surface area (Å²) in [6.07, 6.45) is 1.19. The van der Waals surface area contributed by atoms with E-state index < -0.39 is 6.04 Å². The zero-order chi connectivity index (χ0) is 13.7. The minimum Gasteiger partial charge on any atom is -0.385 e. The number of carbonyl (C=O) groups is 2. The normalized spacial score (nSPS) is 18.8. The molecule has 0 saturated carbocycles.